The van der Waals surface area contributed by atoms with Crippen molar-refractivity contribution in [1.29, 1.82) is 5.26 Å². The molecule has 0 aliphatic carbocycles. The van der Waals surface area contributed by atoms with Crippen molar-refractivity contribution in [3.63, 3.8) is 0 Å². The highest BCUT2D eigenvalue weighted by Gasteiger charge is 2.33. The number of alkyl halides is 3. The van der Waals surface area contributed by atoms with Gasteiger partial charge in [-0.15, -0.1) is 0 Å². The first-order valence-corrected chi connectivity index (χ1v) is 11.8. The van der Waals surface area contributed by atoms with Gasteiger partial charge in [0, 0.05) is 56.1 Å². The number of aromatic amines is 1. The Bertz CT molecular complexity index is 1500. The number of piperazine rings is 1. The van der Waals surface area contributed by atoms with E-state index in [0.717, 1.165) is 22.7 Å². The molecular formula is C25H22F4N8O. The van der Waals surface area contributed by atoms with Gasteiger partial charge in [0.05, 0.1) is 41.5 Å². The van der Waals surface area contributed by atoms with Gasteiger partial charge in [0.25, 0.3) is 5.91 Å². The van der Waals surface area contributed by atoms with Gasteiger partial charge >= 0.3 is 6.18 Å². The molecule has 4 aromatic rings. The molecule has 1 amide bonds. The van der Waals surface area contributed by atoms with Crippen LogP contribution in [0.2, 0.25) is 0 Å². The fourth-order valence-electron chi connectivity index (χ4n) is 4.58. The lowest BCUT2D eigenvalue weighted by Gasteiger charge is -2.36. The monoisotopic (exact) mass is 526 g/mol. The van der Waals surface area contributed by atoms with E-state index in [1.807, 2.05) is 12.3 Å². The molecule has 0 bridgehead atoms. The smallest absolute Gasteiger partial charge is 0.346 e. The molecule has 3 aromatic heterocycles. The van der Waals surface area contributed by atoms with Crippen molar-refractivity contribution in [2.75, 3.05) is 32.7 Å². The molecule has 1 atom stereocenters. The first-order valence-electron chi connectivity index (χ1n) is 11.8. The predicted molar refractivity (Wildman–Crippen MR) is 128 cm³/mol. The summed E-state index contributed by atoms with van der Waals surface area (Å²) in [5, 5.41) is 14.7. The van der Waals surface area contributed by atoms with E-state index in [9.17, 15) is 27.6 Å². The van der Waals surface area contributed by atoms with Gasteiger partial charge in [-0.25, -0.2) is 14.4 Å². The van der Waals surface area contributed by atoms with E-state index in [4.69, 9.17) is 0 Å². The van der Waals surface area contributed by atoms with Crippen LogP contribution >= 0.6 is 0 Å². The van der Waals surface area contributed by atoms with Gasteiger partial charge < -0.3 is 9.88 Å². The van der Waals surface area contributed by atoms with Gasteiger partial charge in [-0.1, -0.05) is 0 Å². The molecule has 1 aliphatic heterocycles. The van der Waals surface area contributed by atoms with E-state index in [-0.39, 0.29) is 31.1 Å². The third-order valence-corrected chi connectivity index (χ3v) is 6.59. The minimum absolute atomic E-state index is 0.209. The number of nitrogens with one attached hydrogen (secondary N) is 1. The van der Waals surface area contributed by atoms with Gasteiger partial charge in [-0.3, -0.25) is 14.4 Å². The molecule has 13 heteroatoms. The van der Waals surface area contributed by atoms with Crippen LogP contribution in [0.4, 0.5) is 17.6 Å². The number of nitriles is 1. The molecule has 1 aromatic carbocycles. The average Bonchev–Trinajstić information content (AvgIpc) is 3.58. The normalized spacial score (nSPS) is 15.5. The maximum atomic E-state index is 14.3. The molecule has 0 saturated carbocycles. The van der Waals surface area contributed by atoms with Gasteiger partial charge in [0.15, 0.2) is 0 Å². The Kier molecular flexibility index (Phi) is 6.81. The summed E-state index contributed by atoms with van der Waals surface area (Å²) >= 11 is 0. The Morgan fingerprint density at radius 1 is 1.16 bits per heavy atom. The highest BCUT2D eigenvalue weighted by molar-refractivity contribution is 5.94. The SMILES string of the molecule is N#CCC(CN1CCN(C(=O)c2ccc(C(F)(F)F)cc2F)CC1)n1cc(-c2ncnc3[nH]ccc23)cn1. The standard InChI is InChI=1S/C25H22F4N8O/c26-21-11-17(25(27,28)29)1-2-19(21)24(38)36-9-7-35(8-10-36)14-18(3-5-30)37-13-16(12-34-37)22-20-4-6-31-23(20)33-15-32-22/h1-2,4,6,11-13,15,18H,3,7-10,14H2,(H,31,32,33). The van der Waals surface area contributed by atoms with Crippen LogP contribution in [0, 0.1) is 17.1 Å². The second-order valence-corrected chi connectivity index (χ2v) is 8.97. The third-order valence-electron chi connectivity index (χ3n) is 6.59. The van der Waals surface area contributed by atoms with Crippen molar-refractivity contribution < 1.29 is 22.4 Å². The van der Waals surface area contributed by atoms with E-state index >= 15 is 0 Å². The highest BCUT2D eigenvalue weighted by atomic mass is 19.4. The number of halogens is 4. The predicted octanol–water partition coefficient (Wildman–Crippen LogP) is 3.89. The number of H-pyrrole nitrogens is 1. The first kappa shape index (κ1) is 25.3. The van der Waals surface area contributed by atoms with Crippen LogP contribution in [0.25, 0.3) is 22.3 Å². The number of hydrogen-bond acceptors (Lipinski definition) is 6. The first-order chi connectivity index (χ1) is 18.2. The fraction of sp³-hybridized carbons (Fsp3) is 0.320. The second-order valence-electron chi connectivity index (χ2n) is 8.97. The fourth-order valence-corrected chi connectivity index (χ4v) is 4.58. The molecule has 1 N–H and O–H groups in total. The number of benzene rings is 1. The summed E-state index contributed by atoms with van der Waals surface area (Å²) in [5.41, 5.74) is 0.688. The Hall–Kier alpha value is -4.31. The van der Waals surface area contributed by atoms with Gasteiger partial charge in [-0.05, 0) is 24.3 Å². The van der Waals surface area contributed by atoms with E-state index in [0.29, 0.717) is 37.4 Å². The number of carbonyl (C=O) groups is 1. The van der Waals surface area contributed by atoms with Crippen LogP contribution in [0.3, 0.4) is 0 Å². The van der Waals surface area contributed by atoms with E-state index in [1.54, 1.807) is 17.1 Å². The third kappa shape index (κ3) is 5.08. The van der Waals surface area contributed by atoms with Gasteiger partial charge in [-0.2, -0.15) is 23.5 Å². The van der Waals surface area contributed by atoms with Crippen molar-refractivity contribution in [3.05, 3.63) is 66.1 Å². The second kappa shape index (κ2) is 10.2. The van der Waals surface area contributed by atoms with E-state index in [1.165, 1.54) is 11.2 Å². The zero-order valence-corrected chi connectivity index (χ0v) is 20.0. The molecule has 1 unspecified atom stereocenters. The molecule has 1 fully saturated rings. The van der Waals surface area contributed by atoms with Gasteiger partial charge in [0.1, 0.15) is 17.8 Å². The molecule has 9 nitrogen and oxygen atoms in total. The number of rotatable bonds is 6. The topological polar surface area (TPSA) is 107 Å². The van der Waals surface area contributed by atoms with Gasteiger partial charge in [0.2, 0.25) is 0 Å². The number of amides is 1. The summed E-state index contributed by atoms with van der Waals surface area (Å²) in [5.74, 6) is -1.85. The minimum Gasteiger partial charge on any atom is -0.346 e. The number of nitrogens with zero attached hydrogens (tertiary/aromatic N) is 7. The molecule has 38 heavy (non-hydrogen) atoms. The number of fused-ring (bicyclic) bond motifs is 1. The lowest BCUT2D eigenvalue weighted by atomic mass is 10.1. The van der Waals surface area contributed by atoms with Crippen molar-refractivity contribution in [2.24, 2.45) is 0 Å². The summed E-state index contributed by atoms with van der Waals surface area (Å²) in [6.07, 6.45) is 2.29. The van der Waals surface area contributed by atoms with Crippen LogP contribution < -0.4 is 0 Å². The maximum absolute atomic E-state index is 14.3. The van der Waals surface area contributed by atoms with Crippen LogP contribution in [-0.4, -0.2) is 73.2 Å². The molecule has 4 heterocycles. The highest BCUT2D eigenvalue weighted by Crippen LogP contribution is 2.31. The van der Waals surface area contributed by atoms with Crippen LogP contribution in [0.5, 0.6) is 0 Å². The number of hydrogen-bond donors (Lipinski definition) is 1. The minimum atomic E-state index is -4.69. The Morgan fingerprint density at radius 2 is 1.95 bits per heavy atom. The largest absolute Gasteiger partial charge is 0.416 e. The molecule has 0 radical (unpaired) electrons. The zero-order valence-electron chi connectivity index (χ0n) is 20.0. The molecule has 0 spiro atoms. The average molecular weight is 526 g/mol. The van der Waals surface area contributed by atoms with Crippen LogP contribution in [0.15, 0.2) is 49.2 Å². The van der Waals surface area contributed by atoms with E-state index in [2.05, 4.69) is 31.0 Å². The van der Waals surface area contributed by atoms with Crippen LogP contribution in [-0.2, 0) is 6.18 Å². The molecular weight excluding hydrogens is 504 g/mol. The summed E-state index contributed by atoms with van der Waals surface area (Å²) in [6, 6.07) is 5.75. The quantitative estimate of drug-likeness (QED) is 0.382. The van der Waals surface area contributed by atoms with Crippen LogP contribution in [0.1, 0.15) is 28.4 Å². The Balaban J connectivity index is 1.24. The van der Waals surface area contributed by atoms with Crippen molar-refractivity contribution in [1.82, 2.24) is 34.5 Å². The molecule has 1 aliphatic rings. The summed E-state index contributed by atoms with van der Waals surface area (Å²) < 4.78 is 54.5. The lowest BCUT2D eigenvalue weighted by Crippen LogP contribution is -2.50. The van der Waals surface area contributed by atoms with Crippen molar-refractivity contribution in [2.45, 2.75) is 18.6 Å². The summed E-state index contributed by atoms with van der Waals surface area (Å²) in [6.45, 7) is 1.96. The Labute approximate surface area is 214 Å². The van der Waals surface area contributed by atoms with Crippen molar-refractivity contribution >= 4 is 16.9 Å². The molecule has 196 valence electrons. The van der Waals surface area contributed by atoms with E-state index < -0.39 is 23.5 Å². The number of carbonyl (C=O) groups excluding carboxylic acids is 1. The maximum Gasteiger partial charge on any atom is 0.416 e. The molecule has 1 saturated heterocycles. The summed E-state index contributed by atoms with van der Waals surface area (Å²) in [7, 11) is 0. The van der Waals surface area contributed by atoms with Crippen molar-refractivity contribution in [3.8, 4) is 17.3 Å². The zero-order chi connectivity index (χ0) is 26.9. The summed E-state index contributed by atoms with van der Waals surface area (Å²) in [4.78, 5) is 27.9. The molecule has 5 rings (SSSR count). The Morgan fingerprint density at radius 3 is 2.66 bits per heavy atom. The lowest BCUT2D eigenvalue weighted by molar-refractivity contribution is -0.137. The number of aromatic nitrogens is 5.